The molecular weight excluding hydrogens is 300 g/mol. The summed E-state index contributed by atoms with van der Waals surface area (Å²) in [4.78, 5) is 18.9. The molecule has 2 atom stereocenters. The van der Waals surface area contributed by atoms with Gasteiger partial charge in [-0.3, -0.25) is 4.79 Å². The molecule has 0 aromatic heterocycles. The van der Waals surface area contributed by atoms with Crippen molar-refractivity contribution in [2.75, 3.05) is 13.1 Å². The topological polar surface area (TPSA) is 62.1 Å². The van der Waals surface area contributed by atoms with Gasteiger partial charge in [-0.25, -0.2) is 0 Å². The minimum absolute atomic E-state index is 0.126. The highest BCUT2D eigenvalue weighted by molar-refractivity contribution is 8.18. The summed E-state index contributed by atoms with van der Waals surface area (Å²) in [7, 11) is 0. The first-order valence-electron chi connectivity index (χ1n) is 7.23. The second kappa shape index (κ2) is 6.14. The zero-order valence-electron chi connectivity index (χ0n) is 12.5. The van der Waals surface area contributed by atoms with Crippen LogP contribution in [0.15, 0.2) is 34.2 Å². The predicted octanol–water partition coefficient (Wildman–Crippen LogP) is 2.47. The molecule has 0 aliphatic carbocycles. The highest BCUT2D eigenvalue weighted by Crippen LogP contribution is 2.31. The lowest BCUT2D eigenvalue weighted by Crippen LogP contribution is -2.47. The first-order chi connectivity index (χ1) is 10.5. The van der Waals surface area contributed by atoms with E-state index in [0.29, 0.717) is 4.91 Å². The maximum Gasteiger partial charge on any atom is 0.286 e. The fraction of sp³-hybridized carbons (Fsp3) is 0.375. The number of aliphatic imine (C=N–C) groups is 1. The summed E-state index contributed by atoms with van der Waals surface area (Å²) in [6.07, 6.45) is 2.01. The van der Waals surface area contributed by atoms with Crippen molar-refractivity contribution < 1.29 is 14.6 Å². The fourth-order valence-electron chi connectivity index (χ4n) is 2.63. The number of rotatable bonds is 1. The van der Waals surface area contributed by atoms with Gasteiger partial charge in [-0.05, 0) is 49.4 Å². The van der Waals surface area contributed by atoms with Crippen LogP contribution in [0.1, 0.15) is 19.4 Å². The van der Waals surface area contributed by atoms with E-state index >= 15 is 0 Å². The number of carbonyl (C=O) groups is 1. The Kier molecular flexibility index (Phi) is 4.22. The Balaban J connectivity index is 1.76. The van der Waals surface area contributed by atoms with Gasteiger partial charge in [-0.2, -0.15) is 4.99 Å². The number of nitrogens with zero attached hydrogens (tertiary/aromatic N) is 2. The SMILES string of the molecule is C[C@@H]1CN(C2=NC(=O)C(=Cc3cccc(O)c3)S2)C[C@@H](C)O1. The van der Waals surface area contributed by atoms with Crippen LogP contribution in [0.5, 0.6) is 5.75 Å². The molecular formula is C16H18N2O3S. The third kappa shape index (κ3) is 3.34. The van der Waals surface area contributed by atoms with E-state index < -0.39 is 0 Å². The largest absolute Gasteiger partial charge is 0.508 e. The van der Waals surface area contributed by atoms with Crippen LogP contribution in [0.25, 0.3) is 6.08 Å². The molecule has 1 aromatic carbocycles. The molecule has 1 amide bonds. The van der Waals surface area contributed by atoms with Gasteiger partial charge >= 0.3 is 0 Å². The smallest absolute Gasteiger partial charge is 0.286 e. The van der Waals surface area contributed by atoms with E-state index in [4.69, 9.17) is 4.74 Å². The number of phenols is 1. The number of amidine groups is 1. The zero-order valence-corrected chi connectivity index (χ0v) is 13.3. The van der Waals surface area contributed by atoms with Crippen LogP contribution in [0, 0.1) is 0 Å². The number of morpholine rings is 1. The zero-order chi connectivity index (χ0) is 15.7. The van der Waals surface area contributed by atoms with Crippen molar-refractivity contribution in [2.45, 2.75) is 26.1 Å². The Labute approximate surface area is 133 Å². The van der Waals surface area contributed by atoms with Gasteiger partial charge in [0.25, 0.3) is 5.91 Å². The van der Waals surface area contributed by atoms with E-state index in [2.05, 4.69) is 9.89 Å². The van der Waals surface area contributed by atoms with Crippen molar-refractivity contribution in [3.05, 3.63) is 34.7 Å². The molecule has 0 unspecified atom stereocenters. The highest BCUT2D eigenvalue weighted by atomic mass is 32.2. The van der Waals surface area contributed by atoms with Crippen LogP contribution >= 0.6 is 11.8 Å². The quantitative estimate of drug-likeness (QED) is 0.806. The standard InChI is InChI=1S/C16H18N2O3S/c1-10-8-18(9-11(2)21-10)16-17-15(20)14(22-16)7-12-4-3-5-13(19)6-12/h3-7,10-11,19H,8-9H2,1-2H3/t10-,11-/m1/s1. The van der Waals surface area contributed by atoms with Crippen LogP contribution in [0.2, 0.25) is 0 Å². The van der Waals surface area contributed by atoms with Crippen molar-refractivity contribution in [1.29, 1.82) is 0 Å². The molecule has 2 aliphatic heterocycles. The molecule has 22 heavy (non-hydrogen) atoms. The van der Waals surface area contributed by atoms with Crippen LogP contribution < -0.4 is 0 Å². The molecule has 1 aromatic rings. The minimum Gasteiger partial charge on any atom is -0.508 e. The molecule has 0 saturated carbocycles. The van der Waals surface area contributed by atoms with Crippen molar-refractivity contribution in [3.8, 4) is 5.75 Å². The summed E-state index contributed by atoms with van der Waals surface area (Å²) < 4.78 is 5.71. The Hall–Kier alpha value is -1.79. The Bertz CT molecular complexity index is 647. The molecule has 1 N–H and O–H groups in total. The average molecular weight is 318 g/mol. The molecule has 2 aliphatic rings. The van der Waals surface area contributed by atoms with Gasteiger partial charge in [0.15, 0.2) is 5.17 Å². The number of hydrogen-bond donors (Lipinski definition) is 1. The minimum atomic E-state index is -0.227. The third-order valence-corrected chi connectivity index (χ3v) is 4.51. The summed E-state index contributed by atoms with van der Waals surface area (Å²) in [6, 6.07) is 6.82. The first kappa shape index (κ1) is 15.1. The van der Waals surface area contributed by atoms with Crippen molar-refractivity contribution in [2.24, 2.45) is 4.99 Å². The maximum absolute atomic E-state index is 12.1. The van der Waals surface area contributed by atoms with Gasteiger partial charge in [0.1, 0.15) is 5.75 Å². The van der Waals surface area contributed by atoms with Gasteiger partial charge in [-0.15, -0.1) is 0 Å². The van der Waals surface area contributed by atoms with Gasteiger partial charge in [0.05, 0.1) is 17.1 Å². The van der Waals surface area contributed by atoms with E-state index in [1.165, 1.54) is 11.8 Å². The lowest BCUT2D eigenvalue weighted by Gasteiger charge is -2.35. The molecule has 0 bridgehead atoms. The molecule has 1 fully saturated rings. The predicted molar refractivity (Wildman–Crippen MR) is 87.7 cm³/mol. The van der Waals surface area contributed by atoms with Gasteiger partial charge in [0.2, 0.25) is 0 Å². The molecule has 5 nitrogen and oxygen atoms in total. The Morgan fingerprint density at radius 1 is 1.36 bits per heavy atom. The Morgan fingerprint density at radius 3 is 2.77 bits per heavy atom. The van der Waals surface area contributed by atoms with Gasteiger partial charge < -0.3 is 14.7 Å². The number of carbonyl (C=O) groups excluding carboxylic acids is 1. The lowest BCUT2D eigenvalue weighted by atomic mass is 10.2. The third-order valence-electron chi connectivity index (χ3n) is 3.47. The molecule has 0 spiro atoms. The summed E-state index contributed by atoms with van der Waals surface area (Å²) in [5.41, 5.74) is 0.788. The number of phenolic OH excluding ortho intramolecular Hbond substituents is 1. The van der Waals surface area contributed by atoms with E-state index in [1.807, 2.05) is 19.9 Å². The lowest BCUT2D eigenvalue weighted by molar-refractivity contribution is -0.113. The monoisotopic (exact) mass is 318 g/mol. The van der Waals surface area contributed by atoms with E-state index in [0.717, 1.165) is 23.8 Å². The second-order valence-corrected chi connectivity index (χ2v) is 6.58. The van der Waals surface area contributed by atoms with Crippen molar-refractivity contribution in [1.82, 2.24) is 4.90 Å². The molecule has 3 rings (SSSR count). The first-order valence-corrected chi connectivity index (χ1v) is 8.05. The van der Waals surface area contributed by atoms with Gasteiger partial charge in [0, 0.05) is 13.1 Å². The van der Waals surface area contributed by atoms with Crippen LogP contribution in [-0.4, -0.2) is 46.4 Å². The number of hydrogen-bond acceptors (Lipinski definition) is 5. The summed E-state index contributed by atoms with van der Waals surface area (Å²) in [5, 5.41) is 10.2. The number of aromatic hydroxyl groups is 1. The summed E-state index contributed by atoms with van der Waals surface area (Å²) >= 11 is 1.38. The molecule has 6 heteroatoms. The van der Waals surface area contributed by atoms with Crippen molar-refractivity contribution >= 4 is 28.9 Å². The number of amides is 1. The molecule has 0 radical (unpaired) electrons. The number of benzene rings is 1. The van der Waals surface area contributed by atoms with Gasteiger partial charge in [-0.1, -0.05) is 12.1 Å². The van der Waals surface area contributed by atoms with Crippen LogP contribution in [0.3, 0.4) is 0 Å². The molecule has 2 heterocycles. The second-order valence-electron chi connectivity index (χ2n) is 5.57. The van der Waals surface area contributed by atoms with E-state index in [9.17, 15) is 9.90 Å². The highest BCUT2D eigenvalue weighted by Gasteiger charge is 2.30. The summed E-state index contributed by atoms with van der Waals surface area (Å²) in [5.74, 6) is -0.0445. The fourth-order valence-corrected chi connectivity index (χ4v) is 3.56. The van der Waals surface area contributed by atoms with Crippen LogP contribution in [-0.2, 0) is 9.53 Å². The number of ether oxygens (including phenoxy) is 1. The number of thioether (sulfide) groups is 1. The van der Waals surface area contributed by atoms with Crippen molar-refractivity contribution in [3.63, 3.8) is 0 Å². The molecule has 1 saturated heterocycles. The summed E-state index contributed by atoms with van der Waals surface area (Å²) in [6.45, 7) is 5.52. The van der Waals surface area contributed by atoms with E-state index in [1.54, 1.807) is 24.3 Å². The molecule has 116 valence electrons. The van der Waals surface area contributed by atoms with Crippen LogP contribution in [0.4, 0.5) is 0 Å². The average Bonchev–Trinajstić information content (AvgIpc) is 2.79. The Morgan fingerprint density at radius 2 is 2.09 bits per heavy atom. The normalized spacial score (nSPS) is 27.4. The maximum atomic E-state index is 12.1. The van der Waals surface area contributed by atoms with E-state index in [-0.39, 0.29) is 23.9 Å².